The highest BCUT2D eigenvalue weighted by Crippen LogP contribution is 2.16. The van der Waals surface area contributed by atoms with E-state index in [1.165, 1.54) is 6.07 Å². The Morgan fingerprint density at radius 3 is 2.44 bits per heavy atom. The molecule has 1 amide bonds. The Morgan fingerprint density at radius 2 is 1.94 bits per heavy atom. The quantitative estimate of drug-likeness (QED) is 0.852. The van der Waals surface area contributed by atoms with Gasteiger partial charge in [0.2, 0.25) is 0 Å². The van der Waals surface area contributed by atoms with E-state index in [0.717, 1.165) is 0 Å². The molecule has 16 heavy (non-hydrogen) atoms. The number of carbonyl (C=O) groups excluding carboxylic acids is 1. The highest BCUT2D eigenvalue weighted by Gasteiger charge is 2.19. The SMILES string of the molecule is CC(C)C(C)N(C)C(=O)c1cccc(O)c1. The molecule has 0 heterocycles. The minimum atomic E-state index is -0.0582. The van der Waals surface area contributed by atoms with Crippen molar-refractivity contribution < 1.29 is 9.90 Å². The van der Waals surface area contributed by atoms with Crippen molar-refractivity contribution in [3.8, 4) is 5.75 Å². The topological polar surface area (TPSA) is 40.5 Å². The number of amides is 1. The highest BCUT2D eigenvalue weighted by atomic mass is 16.3. The summed E-state index contributed by atoms with van der Waals surface area (Å²) in [6.07, 6.45) is 0. The number of rotatable bonds is 3. The van der Waals surface area contributed by atoms with Crippen molar-refractivity contribution in [2.45, 2.75) is 26.8 Å². The first-order chi connectivity index (χ1) is 7.43. The second-order valence-corrected chi connectivity index (χ2v) is 4.45. The number of phenols is 1. The molecular weight excluding hydrogens is 202 g/mol. The monoisotopic (exact) mass is 221 g/mol. The van der Waals surface area contributed by atoms with Crippen LogP contribution in [0.3, 0.4) is 0 Å². The Kier molecular flexibility index (Phi) is 3.93. The van der Waals surface area contributed by atoms with Gasteiger partial charge in [0.1, 0.15) is 5.75 Å². The highest BCUT2D eigenvalue weighted by molar-refractivity contribution is 5.94. The van der Waals surface area contributed by atoms with E-state index in [0.29, 0.717) is 11.5 Å². The maximum atomic E-state index is 12.1. The fraction of sp³-hybridized carbons (Fsp3) is 0.462. The lowest BCUT2D eigenvalue weighted by Gasteiger charge is -2.28. The molecule has 0 aliphatic heterocycles. The van der Waals surface area contributed by atoms with Crippen LogP contribution in [-0.2, 0) is 0 Å². The third-order valence-electron chi connectivity index (χ3n) is 2.99. The summed E-state index contributed by atoms with van der Waals surface area (Å²) in [5.74, 6) is 0.472. The van der Waals surface area contributed by atoms with Crippen LogP contribution in [0.15, 0.2) is 24.3 Å². The van der Waals surface area contributed by atoms with E-state index in [9.17, 15) is 9.90 Å². The molecule has 1 atom stereocenters. The smallest absolute Gasteiger partial charge is 0.253 e. The van der Waals surface area contributed by atoms with Crippen LogP contribution in [0.25, 0.3) is 0 Å². The summed E-state index contributed by atoms with van der Waals surface area (Å²) < 4.78 is 0. The summed E-state index contributed by atoms with van der Waals surface area (Å²) in [5, 5.41) is 9.32. The van der Waals surface area contributed by atoms with E-state index in [-0.39, 0.29) is 17.7 Å². The van der Waals surface area contributed by atoms with Gasteiger partial charge >= 0.3 is 0 Å². The summed E-state index contributed by atoms with van der Waals surface area (Å²) in [7, 11) is 1.79. The lowest BCUT2D eigenvalue weighted by atomic mass is 10.0. The van der Waals surface area contributed by atoms with E-state index in [1.54, 1.807) is 30.1 Å². The van der Waals surface area contributed by atoms with Crippen molar-refractivity contribution in [1.82, 2.24) is 4.90 Å². The maximum absolute atomic E-state index is 12.1. The van der Waals surface area contributed by atoms with Gasteiger partial charge in [-0.1, -0.05) is 19.9 Å². The first-order valence-electron chi connectivity index (χ1n) is 5.49. The zero-order valence-electron chi connectivity index (χ0n) is 10.3. The second kappa shape index (κ2) is 5.01. The molecule has 88 valence electrons. The summed E-state index contributed by atoms with van der Waals surface area (Å²) in [6, 6.07) is 6.62. The third kappa shape index (κ3) is 2.75. The van der Waals surface area contributed by atoms with Crippen LogP contribution in [0, 0.1) is 5.92 Å². The summed E-state index contributed by atoms with van der Waals surface area (Å²) in [5.41, 5.74) is 0.523. The van der Waals surface area contributed by atoms with Crippen molar-refractivity contribution in [3.63, 3.8) is 0 Å². The third-order valence-corrected chi connectivity index (χ3v) is 2.99. The minimum Gasteiger partial charge on any atom is -0.508 e. The number of carbonyl (C=O) groups is 1. The number of hydrogen-bond donors (Lipinski definition) is 1. The van der Waals surface area contributed by atoms with E-state index >= 15 is 0 Å². The van der Waals surface area contributed by atoms with Crippen molar-refractivity contribution in [2.75, 3.05) is 7.05 Å². The molecule has 3 nitrogen and oxygen atoms in total. The van der Waals surface area contributed by atoms with Gasteiger partial charge in [0, 0.05) is 18.7 Å². The predicted octanol–water partition coefficient (Wildman–Crippen LogP) is 2.51. The largest absolute Gasteiger partial charge is 0.508 e. The van der Waals surface area contributed by atoms with Gasteiger partial charge in [0.15, 0.2) is 0 Å². The number of phenolic OH excluding ortho intramolecular Hbond substituents is 1. The number of nitrogens with zero attached hydrogens (tertiary/aromatic N) is 1. The molecule has 0 bridgehead atoms. The van der Waals surface area contributed by atoms with Crippen LogP contribution < -0.4 is 0 Å². The molecule has 1 rings (SSSR count). The number of benzene rings is 1. The molecule has 0 radical (unpaired) electrons. The molecule has 1 aromatic rings. The Labute approximate surface area is 96.7 Å². The average molecular weight is 221 g/mol. The first kappa shape index (κ1) is 12.6. The van der Waals surface area contributed by atoms with E-state index in [1.807, 2.05) is 6.92 Å². The molecule has 0 saturated heterocycles. The molecule has 0 aliphatic carbocycles. The molecule has 0 fully saturated rings. The second-order valence-electron chi connectivity index (χ2n) is 4.45. The summed E-state index contributed by atoms with van der Waals surface area (Å²) in [6.45, 7) is 6.18. The van der Waals surface area contributed by atoms with Crippen molar-refractivity contribution >= 4 is 5.91 Å². The van der Waals surface area contributed by atoms with Gasteiger partial charge in [0.05, 0.1) is 0 Å². The van der Waals surface area contributed by atoms with Gasteiger partial charge in [-0.05, 0) is 31.0 Å². The van der Waals surface area contributed by atoms with Gasteiger partial charge in [-0.15, -0.1) is 0 Å². The van der Waals surface area contributed by atoms with Crippen LogP contribution >= 0.6 is 0 Å². The van der Waals surface area contributed by atoms with Crippen LogP contribution in [0.4, 0.5) is 0 Å². The molecule has 3 heteroatoms. The standard InChI is InChI=1S/C13H19NO2/c1-9(2)10(3)14(4)13(16)11-6-5-7-12(15)8-11/h5-10,15H,1-4H3. The van der Waals surface area contributed by atoms with Gasteiger partial charge in [-0.2, -0.15) is 0 Å². The molecular formula is C13H19NO2. The zero-order chi connectivity index (χ0) is 12.3. The van der Waals surface area contributed by atoms with Gasteiger partial charge < -0.3 is 10.0 Å². The van der Waals surface area contributed by atoms with Crippen molar-refractivity contribution in [3.05, 3.63) is 29.8 Å². The summed E-state index contributed by atoms with van der Waals surface area (Å²) >= 11 is 0. The lowest BCUT2D eigenvalue weighted by Crippen LogP contribution is -2.38. The Bertz CT molecular complexity index is 374. The van der Waals surface area contributed by atoms with E-state index < -0.39 is 0 Å². The molecule has 1 unspecified atom stereocenters. The minimum absolute atomic E-state index is 0.0582. The predicted molar refractivity (Wildman–Crippen MR) is 64.5 cm³/mol. The van der Waals surface area contributed by atoms with E-state index in [4.69, 9.17) is 0 Å². The van der Waals surface area contributed by atoms with Gasteiger partial charge in [-0.25, -0.2) is 0 Å². The van der Waals surface area contributed by atoms with Gasteiger partial charge in [-0.3, -0.25) is 4.79 Å². The Balaban J connectivity index is 2.86. The molecule has 0 aliphatic rings. The summed E-state index contributed by atoms with van der Waals surface area (Å²) in [4.78, 5) is 13.8. The van der Waals surface area contributed by atoms with Crippen molar-refractivity contribution in [1.29, 1.82) is 0 Å². The van der Waals surface area contributed by atoms with E-state index in [2.05, 4.69) is 13.8 Å². The lowest BCUT2D eigenvalue weighted by molar-refractivity contribution is 0.0706. The maximum Gasteiger partial charge on any atom is 0.253 e. The molecule has 1 aromatic carbocycles. The normalized spacial score (nSPS) is 12.6. The molecule has 0 spiro atoms. The number of hydrogen-bond acceptors (Lipinski definition) is 2. The van der Waals surface area contributed by atoms with Crippen molar-refractivity contribution in [2.24, 2.45) is 5.92 Å². The van der Waals surface area contributed by atoms with Gasteiger partial charge in [0.25, 0.3) is 5.91 Å². The fourth-order valence-electron chi connectivity index (χ4n) is 1.47. The zero-order valence-corrected chi connectivity index (χ0v) is 10.3. The Hall–Kier alpha value is -1.51. The van der Waals surface area contributed by atoms with Crippen LogP contribution in [-0.4, -0.2) is 29.0 Å². The Morgan fingerprint density at radius 1 is 1.31 bits per heavy atom. The molecule has 1 N–H and O–H groups in total. The van der Waals surface area contributed by atoms with Crippen LogP contribution in [0.1, 0.15) is 31.1 Å². The average Bonchev–Trinajstić information content (AvgIpc) is 2.26. The number of aromatic hydroxyl groups is 1. The molecule has 0 aromatic heterocycles. The van der Waals surface area contributed by atoms with Crippen LogP contribution in [0.5, 0.6) is 5.75 Å². The van der Waals surface area contributed by atoms with Crippen LogP contribution in [0.2, 0.25) is 0 Å². The fourth-order valence-corrected chi connectivity index (χ4v) is 1.47. The molecule has 0 saturated carbocycles. The first-order valence-corrected chi connectivity index (χ1v) is 5.49.